The second kappa shape index (κ2) is 8.45. The van der Waals surface area contributed by atoms with E-state index in [1.54, 1.807) is 14.2 Å². The van der Waals surface area contributed by atoms with Gasteiger partial charge in [0.1, 0.15) is 6.04 Å². The first kappa shape index (κ1) is 19.3. The van der Waals surface area contributed by atoms with E-state index in [1.807, 2.05) is 42.6 Å². The number of aromatic amines is 1. The molecule has 0 saturated carbocycles. The third-order valence-corrected chi connectivity index (χ3v) is 4.91. The zero-order valence-electron chi connectivity index (χ0n) is 15.1. The van der Waals surface area contributed by atoms with Crippen LogP contribution in [0.4, 0.5) is 0 Å². The lowest BCUT2D eigenvalue weighted by molar-refractivity contribution is -0.139. The Bertz CT molecular complexity index is 954. The molecule has 0 aliphatic carbocycles. The Hall–Kier alpha value is -2.51. The fourth-order valence-corrected chi connectivity index (χ4v) is 3.62. The monoisotopic (exact) mass is 432 g/mol. The number of carboxylic acid groups (broad SMARTS) is 1. The molecule has 3 aromatic rings. The predicted molar refractivity (Wildman–Crippen MR) is 108 cm³/mol. The molecule has 7 heteroatoms. The highest BCUT2D eigenvalue weighted by molar-refractivity contribution is 9.10. The first-order valence-corrected chi connectivity index (χ1v) is 9.24. The van der Waals surface area contributed by atoms with Crippen LogP contribution in [0.5, 0.6) is 11.5 Å². The van der Waals surface area contributed by atoms with Gasteiger partial charge in [-0.1, -0.05) is 34.1 Å². The van der Waals surface area contributed by atoms with Crippen molar-refractivity contribution in [3.05, 3.63) is 58.2 Å². The Balaban J connectivity index is 1.80. The van der Waals surface area contributed by atoms with E-state index in [-0.39, 0.29) is 0 Å². The lowest BCUT2D eigenvalue weighted by Crippen LogP contribution is -2.38. The highest BCUT2D eigenvalue weighted by Gasteiger charge is 2.21. The highest BCUT2D eigenvalue weighted by atomic mass is 79.9. The van der Waals surface area contributed by atoms with Gasteiger partial charge in [-0.25, -0.2) is 0 Å². The smallest absolute Gasteiger partial charge is 0.321 e. The second-order valence-corrected chi connectivity index (χ2v) is 7.05. The van der Waals surface area contributed by atoms with Gasteiger partial charge in [0.2, 0.25) is 0 Å². The molecule has 0 radical (unpaired) electrons. The summed E-state index contributed by atoms with van der Waals surface area (Å²) in [6.45, 7) is 0.332. The van der Waals surface area contributed by atoms with E-state index in [0.717, 1.165) is 26.5 Å². The van der Waals surface area contributed by atoms with Crippen molar-refractivity contribution in [2.75, 3.05) is 14.2 Å². The van der Waals surface area contributed by atoms with Gasteiger partial charge in [0, 0.05) is 40.1 Å². The van der Waals surface area contributed by atoms with E-state index in [0.29, 0.717) is 24.5 Å². The van der Waals surface area contributed by atoms with Crippen LogP contribution in [-0.2, 0) is 17.8 Å². The van der Waals surface area contributed by atoms with Crippen LogP contribution in [0, 0.1) is 0 Å². The molecule has 1 aromatic heterocycles. The van der Waals surface area contributed by atoms with Gasteiger partial charge in [-0.2, -0.15) is 0 Å². The maximum absolute atomic E-state index is 11.8. The first-order valence-electron chi connectivity index (χ1n) is 8.45. The van der Waals surface area contributed by atoms with Crippen LogP contribution in [0.25, 0.3) is 10.9 Å². The summed E-state index contributed by atoms with van der Waals surface area (Å²) >= 11 is 3.45. The third kappa shape index (κ3) is 4.26. The fourth-order valence-electron chi connectivity index (χ4n) is 3.14. The van der Waals surface area contributed by atoms with E-state index in [4.69, 9.17) is 9.47 Å². The molecule has 6 nitrogen and oxygen atoms in total. The Morgan fingerprint density at radius 1 is 1.22 bits per heavy atom. The Morgan fingerprint density at radius 2 is 2.00 bits per heavy atom. The summed E-state index contributed by atoms with van der Waals surface area (Å²) in [4.78, 5) is 15.0. The van der Waals surface area contributed by atoms with Gasteiger partial charge in [-0.15, -0.1) is 0 Å². The lowest BCUT2D eigenvalue weighted by Gasteiger charge is -2.17. The van der Waals surface area contributed by atoms with Gasteiger partial charge < -0.3 is 19.6 Å². The minimum absolute atomic E-state index is 0.332. The zero-order valence-corrected chi connectivity index (χ0v) is 16.7. The Labute approximate surface area is 165 Å². The number of fused-ring (bicyclic) bond motifs is 1. The van der Waals surface area contributed by atoms with E-state index >= 15 is 0 Å². The Morgan fingerprint density at radius 3 is 2.70 bits per heavy atom. The largest absolute Gasteiger partial charge is 0.493 e. The van der Waals surface area contributed by atoms with Crippen molar-refractivity contribution in [3.63, 3.8) is 0 Å². The molecule has 27 heavy (non-hydrogen) atoms. The molecule has 0 unspecified atom stereocenters. The molecule has 0 aliphatic heterocycles. The number of aromatic nitrogens is 1. The molecular formula is C20H21BrN2O4. The lowest BCUT2D eigenvalue weighted by atomic mass is 10.0. The molecule has 0 saturated heterocycles. The van der Waals surface area contributed by atoms with Gasteiger partial charge in [-0.3, -0.25) is 10.1 Å². The number of hydrogen-bond donors (Lipinski definition) is 3. The summed E-state index contributed by atoms with van der Waals surface area (Å²) in [6, 6.07) is 10.8. The van der Waals surface area contributed by atoms with Crippen LogP contribution in [0.2, 0.25) is 0 Å². The van der Waals surface area contributed by atoms with Crippen molar-refractivity contribution < 1.29 is 19.4 Å². The highest BCUT2D eigenvalue weighted by Crippen LogP contribution is 2.34. The van der Waals surface area contributed by atoms with Crippen LogP contribution in [0.3, 0.4) is 0 Å². The van der Waals surface area contributed by atoms with Crippen LogP contribution in [-0.4, -0.2) is 36.3 Å². The summed E-state index contributed by atoms with van der Waals surface area (Å²) in [5, 5.41) is 13.8. The number of H-pyrrole nitrogens is 1. The van der Waals surface area contributed by atoms with Crippen molar-refractivity contribution in [3.8, 4) is 11.5 Å². The number of rotatable bonds is 8. The number of carbonyl (C=O) groups is 1. The SMILES string of the molecule is COc1cc(Br)cc(CN[C@@H](Cc2c[nH]c3ccccc23)C(=O)O)c1OC. The molecule has 0 aliphatic rings. The number of nitrogens with one attached hydrogen (secondary N) is 2. The van der Waals surface area contributed by atoms with E-state index in [1.165, 1.54) is 0 Å². The summed E-state index contributed by atoms with van der Waals surface area (Å²) in [5.74, 6) is 0.276. The van der Waals surface area contributed by atoms with Crippen LogP contribution < -0.4 is 14.8 Å². The van der Waals surface area contributed by atoms with Gasteiger partial charge >= 0.3 is 5.97 Å². The molecule has 0 bridgehead atoms. The summed E-state index contributed by atoms with van der Waals surface area (Å²) < 4.78 is 11.6. The number of hydrogen-bond acceptors (Lipinski definition) is 4. The molecular weight excluding hydrogens is 412 g/mol. The van der Waals surface area contributed by atoms with E-state index in [2.05, 4.69) is 26.2 Å². The van der Waals surface area contributed by atoms with Crippen LogP contribution in [0.1, 0.15) is 11.1 Å². The molecule has 1 atom stereocenters. The fraction of sp³-hybridized carbons (Fsp3) is 0.250. The van der Waals surface area contributed by atoms with Gasteiger partial charge in [0.05, 0.1) is 14.2 Å². The topological polar surface area (TPSA) is 83.6 Å². The number of aliphatic carboxylic acids is 1. The molecule has 3 N–H and O–H groups in total. The maximum Gasteiger partial charge on any atom is 0.321 e. The normalized spacial score (nSPS) is 12.1. The van der Waals surface area contributed by atoms with Crippen molar-refractivity contribution in [1.82, 2.24) is 10.3 Å². The summed E-state index contributed by atoms with van der Waals surface area (Å²) in [5.41, 5.74) is 2.77. The summed E-state index contributed by atoms with van der Waals surface area (Å²) in [7, 11) is 3.13. The average molecular weight is 433 g/mol. The minimum atomic E-state index is -0.902. The average Bonchev–Trinajstić information content (AvgIpc) is 3.07. The number of methoxy groups -OCH3 is 2. The van der Waals surface area contributed by atoms with Gasteiger partial charge in [0.25, 0.3) is 0 Å². The number of ether oxygens (including phenoxy) is 2. The molecule has 0 fully saturated rings. The predicted octanol–water partition coefficient (Wildman–Crippen LogP) is 3.73. The zero-order chi connectivity index (χ0) is 19.4. The molecule has 0 spiro atoms. The van der Waals surface area contributed by atoms with Gasteiger partial charge in [-0.05, 0) is 23.8 Å². The van der Waals surface area contributed by atoms with Crippen LogP contribution in [0.15, 0.2) is 47.1 Å². The van der Waals surface area contributed by atoms with E-state index < -0.39 is 12.0 Å². The quantitative estimate of drug-likeness (QED) is 0.504. The third-order valence-electron chi connectivity index (χ3n) is 4.46. The van der Waals surface area contributed by atoms with Gasteiger partial charge in [0.15, 0.2) is 11.5 Å². The standard InChI is InChI=1S/C20H21BrN2O4/c1-26-18-9-14(21)7-13(19(18)27-2)11-23-17(20(24)25)8-12-10-22-16-6-4-3-5-15(12)16/h3-7,9-10,17,22-23H,8,11H2,1-2H3,(H,24,25)/t17-/m0/s1. The van der Waals surface area contributed by atoms with Crippen molar-refractivity contribution in [1.29, 1.82) is 0 Å². The minimum Gasteiger partial charge on any atom is -0.493 e. The number of para-hydroxylation sites is 1. The summed E-state index contributed by atoms with van der Waals surface area (Å²) in [6.07, 6.45) is 2.23. The first-order chi connectivity index (χ1) is 13.0. The molecule has 2 aromatic carbocycles. The van der Waals surface area contributed by atoms with Crippen molar-refractivity contribution in [2.24, 2.45) is 0 Å². The number of benzene rings is 2. The second-order valence-electron chi connectivity index (χ2n) is 6.14. The molecule has 142 valence electrons. The number of halogens is 1. The molecule has 1 heterocycles. The van der Waals surface area contributed by atoms with Crippen molar-refractivity contribution in [2.45, 2.75) is 19.0 Å². The van der Waals surface area contributed by atoms with Crippen molar-refractivity contribution >= 4 is 32.8 Å². The Kier molecular flexibility index (Phi) is 6.03. The maximum atomic E-state index is 11.8. The molecule has 0 amide bonds. The number of carboxylic acids is 1. The van der Waals surface area contributed by atoms with E-state index in [9.17, 15) is 9.90 Å². The van der Waals surface area contributed by atoms with Crippen LogP contribution >= 0.6 is 15.9 Å². The molecule has 3 rings (SSSR count).